The summed E-state index contributed by atoms with van der Waals surface area (Å²) in [5.74, 6) is 0.647. The number of nitrogens with one attached hydrogen (secondary N) is 1. The highest BCUT2D eigenvalue weighted by Gasteiger charge is 2.21. The maximum absolute atomic E-state index is 12.2. The monoisotopic (exact) mass is 311 g/mol. The fraction of sp³-hybridized carbons (Fsp3) is 0.333. The second kappa shape index (κ2) is 7.24. The molecule has 1 aromatic heterocycles. The third kappa shape index (κ3) is 3.87. The molecule has 0 atom stereocenters. The van der Waals surface area contributed by atoms with Gasteiger partial charge in [0.25, 0.3) is 0 Å². The standard InChI is InChI=1S/C18H21N3O2/c1-21(15-5-3-2-4-6-15)16-7-8-17(19-13-16)20-18(22)14-9-11-23-12-10-14/h2-8,13-14H,9-12H2,1H3,(H,19,20,22). The van der Waals surface area contributed by atoms with Gasteiger partial charge in [-0.15, -0.1) is 0 Å². The molecule has 1 aromatic carbocycles. The van der Waals surface area contributed by atoms with E-state index in [2.05, 4.69) is 15.2 Å². The zero-order valence-corrected chi connectivity index (χ0v) is 13.2. The van der Waals surface area contributed by atoms with E-state index in [1.807, 2.05) is 49.5 Å². The van der Waals surface area contributed by atoms with Crippen LogP contribution in [0.25, 0.3) is 0 Å². The second-order valence-corrected chi connectivity index (χ2v) is 5.67. The summed E-state index contributed by atoms with van der Waals surface area (Å²) >= 11 is 0. The minimum Gasteiger partial charge on any atom is -0.381 e. The Morgan fingerprint density at radius 1 is 1.13 bits per heavy atom. The minimum absolute atomic E-state index is 0.0252. The molecular weight excluding hydrogens is 290 g/mol. The Hall–Kier alpha value is -2.40. The van der Waals surface area contributed by atoms with Gasteiger partial charge < -0.3 is 15.0 Å². The molecule has 5 nitrogen and oxygen atoms in total. The molecule has 1 N–H and O–H groups in total. The number of anilines is 3. The number of hydrogen-bond donors (Lipinski definition) is 1. The number of carbonyl (C=O) groups is 1. The predicted molar refractivity (Wildman–Crippen MR) is 90.9 cm³/mol. The zero-order valence-electron chi connectivity index (χ0n) is 13.2. The van der Waals surface area contributed by atoms with Crippen LogP contribution in [-0.2, 0) is 9.53 Å². The number of benzene rings is 1. The molecular formula is C18H21N3O2. The van der Waals surface area contributed by atoms with Gasteiger partial charge in [-0.3, -0.25) is 4.79 Å². The molecule has 0 saturated carbocycles. The van der Waals surface area contributed by atoms with Crippen LogP contribution < -0.4 is 10.2 Å². The number of para-hydroxylation sites is 1. The van der Waals surface area contributed by atoms with E-state index < -0.39 is 0 Å². The van der Waals surface area contributed by atoms with Gasteiger partial charge in [0.2, 0.25) is 5.91 Å². The fourth-order valence-electron chi connectivity index (χ4n) is 2.65. The number of carbonyl (C=O) groups excluding carboxylic acids is 1. The first-order valence-corrected chi connectivity index (χ1v) is 7.87. The lowest BCUT2D eigenvalue weighted by Gasteiger charge is -2.21. The van der Waals surface area contributed by atoms with Crippen molar-refractivity contribution in [1.29, 1.82) is 0 Å². The highest BCUT2D eigenvalue weighted by Crippen LogP contribution is 2.23. The van der Waals surface area contributed by atoms with E-state index in [4.69, 9.17) is 4.74 Å². The van der Waals surface area contributed by atoms with Crippen LogP contribution in [0.3, 0.4) is 0 Å². The van der Waals surface area contributed by atoms with E-state index in [0.717, 1.165) is 24.2 Å². The van der Waals surface area contributed by atoms with Gasteiger partial charge >= 0.3 is 0 Å². The first-order chi connectivity index (χ1) is 11.2. The second-order valence-electron chi connectivity index (χ2n) is 5.67. The highest BCUT2D eigenvalue weighted by atomic mass is 16.5. The van der Waals surface area contributed by atoms with Gasteiger partial charge in [-0.05, 0) is 37.1 Å². The largest absolute Gasteiger partial charge is 0.381 e. The van der Waals surface area contributed by atoms with Crippen LogP contribution in [0, 0.1) is 5.92 Å². The number of ether oxygens (including phenoxy) is 1. The van der Waals surface area contributed by atoms with E-state index in [1.165, 1.54) is 0 Å². The van der Waals surface area contributed by atoms with Crippen molar-refractivity contribution in [2.24, 2.45) is 5.92 Å². The van der Waals surface area contributed by atoms with Crippen LogP contribution in [0.4, 0.5) is 17.2 Å². The molecule has 1 fully saturated rings. The molecule has 5 heteroatoms. The van der Waals surface area contributed by atoms with Crippen LogP contribution in [0.15, 0.2) is 48.7 Å². The first-order valence-electron chi connectivity index (χ1n) is 7.87. The van der Waals surface area contributed by atoms with Crippen molar-refractivity contribution in [2.45, 2.75) is 12.8 Å². The minimum atomic E-state index is 0.0252. The van der Waals surface area contributed by atoms with Crippen molar-refractivity contribution < 1.29 is 9.53 Å². The molecule has 0 bridgehead atoms. The van der Waals surface area contributed by atoms with E-state index >= 15 is 0 Å². The van der Waals surface area contributed by atoms with Gasteiger partial charge in [0, 0.05) is 31.9 Å². The number of rotatable bonds is 4. The van der Waals surface area contributed by atoms with Gasteiger partial charge in [-0.25, -0.2) is 4.98 Å². The Balaban J connectivity index is 1.64. The topological polar surface area (TPSA) is 54.5 Å². The van der Waals surface area contributed by atoms with Crippen LogP contribution in [0.5, 0.6) is 0 Å². The SMILES string of the molecule is CN(c1ccccc1)c1ccc(NC(=O)C2CCOCC2)nc1. The van der Waals surface area contributed by atoms with Gasteiger partial charge in [-0.1, -0.05) is 18.2 Å². The van der Waals surface area contributed by atoms with Crippen molar-refractivity contribution >= 4 is 23.1 Å². The Morgan fingerprint density at radius 2 is 1.87 bits per heavy atom. The molecule has 0 spiro atoms. The molecule has 2 heterocycles. The van der Waals surface area contributed by atoms with E-state index in [-0.39, 0.29) is 11.8 Å². The van der Waals surface area contributed by atoms with Crippen molar-refractivity contribution in [3.8, 4) is 0 Å². The van der Waals surface area contributed by atoms with Crippen LogP contribution >= 0.6 is 0 Å². The molecule has 23 heavy (non-hydrogen) atoms. The van der Waals surface area contributed by atoms with Gasteiger partial charge in [-0.2, -0.15) is 0 Å². The summed E-state index contributed by atoms with van der Waals surface area (Å²) in [5, 5.41) is 2.89. The number of amides is 1. The molecule has 2 aromatic rings. The lowest BCUT2D eigenvalue weighted by molar-refractivity contribution is -0.122. The number of hydrogen-bond acceptors (Lipinski definition) is 4. The van der Waals surface area contributed by atoms with E-state index in [1.54, 1.807) is 6.20 Å². The number of pyridine rings is 1. The summed E-state index contributed by atoms with van der Waals surface area (Å²) in [7, 11) is 1.99. The molecule has 3 rings (SSSR count). The maximum Gasteiger partial charge on any atom is 0.228 e. The maximum atomic E-state index is 12.2. The Morgan fingerprint density at radius 3 is 2.52 bits per heavy atom. The van der Waals surface area contributed by atoms with E-state index in [0.29, 0.717) is 19.0 Å². The predicted octanol–water partition coefficient (Wildman–Crippen LogP) is 3.21. The Kier molecular flexibility index (Phi) is 4.88. The molecule has 0 aliphatic carbocycles. The average Bonchev–Trinajstić information content (AvgIpc) is 2.63. The van der Waals surface area contributed by atoms with Crippen molar-refractivity contribution in [3.63, 3.8) is 0 Å². The molecule has 1 amide bonds. The Labute approximate surface area is 136 Å². The third-order valence-electron chi connectivity index (χ3n) is 4.12. The zero-order chi connectivity index (χ0) is 16.1. The van der Waals surface area contributed by atoms with Crippen LogP contribution in [0.2, 0.25) is 0 Å². The normalized spacial score (nSPS) is 15.2. The summed E-state index contributed by atoms with van der Waals surface area (Å²) in [4.78, 5) is 18.6. The summed E-state index contributed by atoms with van der Waals surface area (Å²) in [6.45, 7) is 1.32. The first kappa shape index (κ1) is 15.5. The van der Waals surface area contributed by atoms with Crippen LogP contribution in [0.1, 0.15) is 12.8 Å². The summed E-state index contributed by atoms with van der Waals surface area (Å²) < 4.78 is 5.28. The lowest BCUT2D eigenvalue weighted by atomic mass is 9.99. The smallest absolute Gasteiger partial charge is 0.228 e. The molecule has 1 saturated heterocycles. The van der Waals surface area contributed by atoms with Gasteiger partial charge in [0.05, 0.1) is 11.9 Å². The molecule has 120 valence electrons. The molecule has 1 aliphatic rings. The average molecular weight is 311 g/mol. The van der Waals surface area contributed by atoms with Crippen molar-refractivity contribution in [3.05, 3.63) is 48.7 Å². The van der Waals surface area contributed by atoms with Crippen LogP contribution in [-0.4, -0.2) is 31.2 Å². The summed E-state index contributed by atoms with van der Waals surface area (Å²) in [6.07, 6.45) is 3.33. The summed E-state index contributed by atoms with van der Waals surface area (Å²) in [5.41, 5.74) is 2.06. The summed E-state index contributed by atoms with van der Waals surface area (Å²) in [6, 6.07) is 13.9. The van der Waals surface area contributed by atoms with Gasteiger partial charge in [0.1, 0.15) is 5.82 Å². The van der Waals surface area contributed by atoms with Gasteiger partial charge in [0.15, 0.2) is 0 Å². The lowest BCUT2D eigenvalue weighted by Crippen LogP contribution is -2.28. The van der Waals surface area contributed by atoms with Crippen molar-refractivity contribution in [1.82, 2.24) is 4.98 Å². The highest BCUT2D eigenvalue weighted by molar-refractivity contribution is 5.91. The molecule has 0 unspecified atom stereocenters. The fourth-order valence-corrected chi connectivity index (χ4v) is 2.65. The molecule has 1 aliphatic heterocycles. The van der Waals surface area contributed by atoms with Crippen molar-refractivity contribution in [2.75, 3.05) is 30.5 Å². The van der Waals surface area contributed by atoms with E-state index in [9.17, 15) is 4.79 Å². The quantitative estimate of drug-likeness (QED) is 0.942. The number of nitrogens with zero attached hydrogens (tertiary/aromatic N) is 2. The third-order valence-corrected chi connectivity index (χ3v) is 4.12. The molecule has 0 radical (unpaired) electrons. The number of aromatic nitrogens is 1. The Bertz CT molecular complexity index is 637.